The Balaban J connectivity index is 2.13. The highest BCUT2D eigenvalue weighted by atomic mass is 16.5. The van der Waals surface area contributed by atoms with E-state index < -0.39 is 5.97 Å². The Morgan fingerprint density at radius 2 is 1.67 bits per heavy atom. The zero-order chi connectivity index (χ0) is 19.8. The predicted molar refractivity (Wildman–Crippen MR) is 102 cm³/mol. The van der Waals surface area contributed by atoms with Crippen LogP contribution in [0.5, 0.6) is 5.75 Å². The Hall–Kier alpha value is -3.35. The van der Waals surface area contributed by atoms with Gasteiger partial charge in [-0.15, -0.1) is 0 Å². The number of nitrogens with zero attached hydrogens (tertiary/aromatic N) is 1. The number of para-hydroxylation sites is 3. The fourth-order valence-corrected chi connectivity index (χ4v) is 2.61. The van der Waals surface area contributed by atoms with Crippen LogP contribution in [0.15, 0.2) is 48.5 Å². The normalized spacial score (nSPS) is 10.0. The third-order valence-electron chi connectivity index (χ3n) is 3.92. The van der Waals surface area contributed by atoms with Crippen LogP contribution in [0, 0.1) is 0 Å². The van der Waals surface area contributed by atoms with Crippen molar-refractivity contribution in [1.29, 1.82) is 0 Å². The molecule has 0 saturated heterocycles. The molecule has 0 aliphatic rings. The number of carbonyl (C=O) groups excluding carboxylic acids is 3. The average Bonchev–Trinajstić information content (AvgIpc) is 2.68. The Labute approximate surface area is 157 Å². The molecule has 2 amide bonds. The van der Waals surface area contributed by atoms with Crippen molar-refractivity contribution in [1.82, 2.24) is 0 Å². The smallest absolute Gasteiger partial charge is 0.339 e. The number of hydrogen-bond acceptors (Lipinski definition) is 5. The highest BCUT2D eigenvalue weighted by Gasteiger charge is 2.20. The lowest BCUT2D eigenvalue weighted by molar-refractivity contribution is -0.117. The predicted octanol–water partition coefficient (Wildman–Crippen LogP) is 2.86. The van der Waals surface area contributed by atoms with Crippen molar-refractivity contribution in [2.45, 2.75) is 13.3 Å². The fraction of sp³-hybridized carbons (Fsp3) is 0.250. The van der Waals surface area contributed by atoms with Crippen LogP contribution in [0.3, 0.4) is 0 Å². The first-order valence-corrected chi connectivity index (χ1v) is 8.36. The van der Waals surface area contributed by atoms with Gasteiger partial charge in [-0.2, -0.15) is 0 Å². The van der Waals surface area contributed by atoms with Gasteiger partial charge in [0.1, 0.15) is 5.75 Å². The van der Waals surface area contributed by atoms with E-state index in [1.165, 1.54) is 26.0 Å². The molecule has 2 aromatic carbocycles. The Kier molecular flexibility index (Phi) is 6.93. The van der Waals surface area contributed by atoms with Crippen molar-refractivity contribution in [3.05, 3.63) is 54.1 Å². The monoisotopic (exact) mass is 370 g/mol. The van der Waals surface area contributed by atoms with E-state index in [0.29, 0.717) is 17.1 Å². The van der Waals surface area contributed by atoms with Crippen molar-refractivity contribution in [3.63, 3.8) is 0 Å². The SMILES string of the molecule is COC(=O)c1ccccc1N(CCC(=O)Nc1ccccc1OC)C(C)=O. The minimum atomic E-state index is -0.546. The maximum Gasteiger partial charge on any atom is 0.339 e. The van der Waals surface area contributed by atoms with E-state index in [1.54, 1.807) is 48.5 Å². The summed E-state index contributed by atoms with van der Waals surface area (Å²) in [6.45, 7) is 1.50. The zero-order valence-electron chi connectivity index (χ0n) is 15.5. The van der Waals surface area contributed by atoms with Gasteiger partial charge in [-0.3, -0.25) is 9.59 Å². The van der Waals surface area contributed by atoms with E-state index >= 15 is 0 Å². The standard InChI is InChI=1S/C20H22N2O5/c1-14(23)22(17-10-6-4-8-15(17)20(25)27-3)13-12-19(24)21-16-9-5-7-11-18(16)26-2/h4-11H,12-13H2,1-3H3,(H,21,24). The Bertz CT molecular complexity index is 835. The summed E-state index contributed by atoms with van der Waals surface area (Å²) in [5, 5.41) is 2.76. The highest BCUT2D eigenvalue weighted by molar-refractivity contribution is 6.02. The topological polar surface area (TPSA) is 84.9 Å². The van der Waals surface area contributed by atoms with Crippen LogP contribution in [0.25, 0.3) is 0 Å². The summed E-state index contributed by atoms with van der Waals surface area (Å²) in [7, 11) is 2.80. The van der Waals surface area contributed by atoms with Gasteiger partial charge in [-0.05, 0) is 24.3 Å². The van der Waals surface area contributed by atoms with Gasteiger partial charge in [-0.1, -0.05) is 24.3 Å². The molecule has 0 spiro atoms. The van der Waals surface area contributed by atoms with Crippen molar-refractivity contribution >= 4 is 29.2 Å². The minimum Gasteiger partial charge on any atom is -0.495 e. The third kappa shape index (κ3) is 5.07. The molecule has 0 radical (unpaired) electrons. The van der Waals surface area contributed by atoms with Crippen LogP contribution >= 0.6 is 0 Å². The zero-order valence-corrected chi connectivity index (χ0v) is 15.5. The number of carbonyl (C=O) groups is 3. The number of nitrogens with one attached hydrogen (secondary N) is 1. The number of methoxy groups -OCH3 is 2. The minimum absolute atomic E-state index is 0.0487. The molecule has 2 aromatic rings. The van der Waals surface area contributed by atoms with Crippen molar-refractivity contribution in [3.8, 4) is 5.75 Å². The van der Waals surface area contributed by atoms with Crippen LogP contribution in [0.2, 0.25) is 0 Å². The summed E-state index contributed by atoms with van der Waals surface area (Å²) >= 11 is 0. The number of ether oxygens (including phenoxy) is 2. The Morgan fingerprint density at radius 1 is 1.00 bits per heavy atom. The van der Waals surface area contributed by atoms with Gasteiger partial charge >= 0.3 is 5.97 Å². The van der Waals surface area contributed by atoms with Gasteiger partial charge in [0, 0.05) is 19.9 Å². The number of esters is 1. The van der Waals surface area contributed by atoms with Crippen LogP contribution < -0.4 is 15.0 Å². The van der Waals surface area contributed by atoms with Crippen molar-refractivity contribution in [2.75, 3.05) is 31.0 Å². The number of amides is 2. The lowest BCUT2D eigenvalue weighted by Gasteiger charge is -2.23. The highest BCUT2D eigenvalue weighted by Crippen LogP contribution is 2.24. The molecular weight excluding hydrogens is 348 g/mol. The molecule has 0 unspecified atom stereocenters. The number of rotatable bonds is 7. The van der Waals surface area contributed by atoms with Gasteiger partial charge < -0.3 is 19.7 Å². The molecule has 2 rings (SSSR count). The molecule has 0 bridgehead atoms. The maximum atomic E-state index is 12.3. The van der Waals surface area contributed by atoms with Crippen LogP contribution in [-0.2, 0) is 14.3 Å². The first-order valence-electron chi connectivity index (χ1n) is 8.36. The number of benzene rings is 2. The molecule has 7 nitrogen and oxygen atoms in total. The van der Waals surface area contributed by atoms with E-state index in [4.69, 9.17) is 9.47 Å². The van der Waals surface area contributed by atoms with E-state index in [1.807, 2.05) is 0 Å². The van der Waals surface area contributed by atoms with E-state index in [0.717, 1.165) is 0 Å². The summed E-state index contributed by atoms with van der Waals surface area (Å²) in [6.07, 6.45) is 0.0487. The first kappa shape index (κ1) is 20.0. The number of anilines is 2. The van der Waals surface area contributed by atoms with E-state index in [9.17, 15) is 14.4 Å². The summed E-state index contributed by atoms with van der Waals surface area (Å²) < 4.78 is 9.97. The summed E-state index contributed by atoms with van der Waals surface area (Å²) in [4.78, 5) is 37.8. The molecule has 0 atom stereocenters. The lowest BCUT2D eigenvalue weighted by atomic mass is 10.1. The lowest BCUT2D eigenvalue weighted by Crippen LogP contribution is -2.33. The summed E-state index contributed by atoms with van der Waals surface area (Å²) in [5.41, 5.74) is 1.22. The average molecular weight is 370 g/mol. The molecule has 0 aliphatic heterocycles. The van der Waals surface area contributed by atoms with Gasteiger partial charge in [0.2, 0.25) is 11.8 Å². The third-order valence-corrected chi connectivity index (χ3v) is 3.92. The van der Waals surface area contributed by atoms with Gasteiger partial charge in [-0.25, -0.2) is 4.79 Å². The molecule has 0 aromatic heterocycles. The first-order chi connectivity index (χ1) is 13.0. The molecule has 0 saturated carbocycles. The van der Waals surface area contributed by atoms with Gasteiger partial charge in [0.15, 0.2) is 0 Å². The fourth-order valence-electron chi connectivity index (χ4n) is 2.61. The van der Waals surface area contributed by atoms with Crippen molar-refractivity contribution < 1.29 is 23.9 Å². The molecule has 0 heterocycles. The Morgan fingerprint density at radius 3 is 2.33 bits per heavy atom. The molecule has 7 heteroatoms. The summed E-state index contributed by atoms with van der Waals surface area (Å²) in [6, 6.07) is 13.7. The van der Waals surface area contributed by atoms with E-state index in [-0.39, 0.29) is 30.3 Å². The van der Waals surface area contributed by atoms with Crippen LogP contribution in [0.4, 0.5) is 11.4 Å². The molecule has 0 fully saturated rings. The second-order valence-corrected chi connectivity index (χ2v) is 5.68. The van der Waals surface area contributed by atoms with E-state index in [2.05, 4.69) is 5.32 Å². The largest absolute Gasteiger partial charge is 0.495 e. The van der Waals surface area contributed by atoms with Crippen molar-refractivity contribution in [2.24, 2.45) is 0 Å². The molecule has 0 aliphatic carbocycles. The summed E-state index contributed by atoms with van der Waals surface area (Å²) in [5.74, 6) is -0.557. The molecular formula is C20H22N2O5. The van der Waals surface area contributed by atoms with Gasteiger partial charge in [0.25, 0.3) is 0 Å². The second kappa shape index (κ2) is 9.38. The number of hydrogen-bond donors (Lipinski definition) is 1. The quantitative estimate of drug-likeness (QED) is 0.758. The molecule has 1 N–H and O–H groups in total. The van der Waals surface area contributed by atoms with Crippen LogP contribution in [-0.4, -0.2) is 38.5 Å². The molecule has 27 heavy (non-hydrogen) atoms. The molecule has 142 valence electrons. The van der Waals surface area contributed by atoms with Gasteiger partial charge in [0.05, 0.1) is 31.2 Å². The maximum absolute atomic E-state index is 12.3. The van der Waals surface area contributed by atoms with Crippen LogP contribution in [0.1, 0.15) is 23.7 Å². The second-order valence-electron chi connectivity index (χ2n) is 5.68.